The summed E-state index contributed by atoms with van der Waals surface area (Å²) in [6.07, 6.45) is 0. The summed E-state index contributed by atoms with van der Waals surface area (Å²) in [4.78, 5) is 2.65. The second-order valence-electron chi connectivity index (χ2n) is 6.14. The van der Waals surface area contributed by atoms with Gasteiger partial charge < -0.3 is 0 Å². The van der Waals surface area contributed by atoms with Crippen molar-refractivity contribution in [2.75, 3.05) is 0 Å². The van der Waals surface area contributed by atoms with Crippen molar-refractivity contribution in [2.45, 2.75) is 106 Å². The summed E-state index contributed by atoms with van der Waals surface area (Å²) in [5.41, 5.74) is 11.1. The summed E-state index contributed by atoms with van der Waals surface area (Å²) in [5.74, 6) is 0.357. The van der Waals surface area contributed by atoms with E-state index < -0.39 is 10.0 Å². The van der Waals surface area contributed by atoms with Gasteiger partial charge in [0.15, 0.2) is 0 Å². The number of hydrogen-bond donors (Lipinski definition) is 0. The van der Waals surface area contributed by atoms with Gasteiger partial charge in [-0.15, -0.1) is 0 Å². The van der Waals surface area contributed by atoms with Crippen molar-refractivity contribution in [3.63, 3.8) is 0 Å². The average molecular weight is 400 g/mol. The van der Waals surface area contributed by atoms with Crippen molar-refractivity contribution in [1.29, 1.82) is 0 Å². The van der Waals surface area contributed by atoms with E-state index >= 15 is 0 Å². The van der Waals surface area contributed by atoms with E-state index in [-0.39, 0.29) is 16.7 Å². The Balaban J connectivity index is -0.000000869. The fourth-order valence-corrected chi connectivity index (χ4v) is 3.64. The molecule has 0 spiro atoms. The van der Waals surface area contributed by atoms with Crippen molar-refractivity contribution >= 4 is 10.0 Å². The molecule has 0 aliphatic carbocycles. The molecule has 0 bridgehead atoms. The lowest BCUT2D eigenvalue weighted by Gasteiger charge is -2.21. The molecule has 0 radical (unpaired) electrons. The minimum Gasteiger partial charge on any atom is -0.216 e. The zero-order valence-electron chi connectivity index (χ0n) is 19.5. The van der Waals surface area contributed by atoms with Crippen LogP contribution in [0.15, 0.2) is 21.5 Å². The highest BCUT2D eigenvalue weighted by molar-refractivity contribution is 7.90. The molecule has 6 heteroatoms. The third-order valence-electron chi connectivity index (χ3n) is 3.48. The second-order valence-corrected chi connectivity index (χ2v) is 7.66. The first kappa shape index (κ1) is 30.2. The Hall–Kier alpha value is -1.52. The molecule has 0 atom stereocenters. The van der Waals surface area contributed by atoms with Crippen LogP contribution in [0.4, 0.5) is 0 Å². The minimum atomic E-state index is -4.00. The monoisotopic (exact) mass is 399 g/mol. The highest BCUT2D eigenvalue weighted by Gasteiger charge is 2.26. The Morgan fingerprint density at radius 1 is 0.778 bits per heavy atom. The molecule has 0 aliphatic heterocycles. The Morgan fingerprint density at radius 3 is 1.33 bits per heavy atom. The number of azide groups is 1. The Kier molecular flexibility index (Phi) is 17.4. The quantitative estimate of drug-likeness (QED) is 0.284. The van der Waals surface area contributed by atoms with E-state index in [0.717, 1.165) is 16.7 Å². The van der Waals surface area contributed by atoms with E-state index in [2.05, 4.69) is 23.3 Å². The van der Waals surface area contributed by atoms with E-state index in [0.29, 0.717) is 5.92 Å². The van der Waals surface area contributed by atoms with Gasteiger partial charge in [-0.05, 0) is 40.0 Å². The Labute approximate surface area is 168 Å². The number of hydrogen-bond acceptors (Lipinski definition) is 2. The zero-order valence-corrected chi connectivity index (χ0v) is 20.3. The molecule has 0 saturated carbocycles. The molecule has 0 amide bonds. The summed E-state index contributed by atoms with van der Waals surface area (Å²) in [5, 5.41) is 0. The highest BCUT2D eigenvalue weighted by atomic mass is 32.2. The van der Waals surface area contributed by atoms with Gasteiger partial charge in [0.2, 0.25) is 0 Å². The topological polar surface area (TPSA) is 82.9 Å². The van der Waals surface area contributed by atoms with Gasteiger partial charge in [-0.3, -0.25) is 0 Å². The summed E-state index contributed by atoms with van der Waals surface area (Å²) >= 11 is 0. The fraction of sp³-hybridized carbons (Fsp3) is 0.714. The van der Waals surface area contributed by atoms with Gasteiger partial charge in [0.05, 0.1) is 4.90 Å². The summed E-state index contributed by atoms with van der Waals surface area (Å²) in [7, 11) is -4.00. The van der Waals surface area contributed by atoms with E-state index in [9.17, 15) is 8.42 Å². The average Bonchev–Trinajstić information content (AvgIpc) is 2.65. The van der Waals surface area contributed by atoms with Crippen LogP contribution < -0.4 is 0 Å². The van der Waals surface area contributed by atoms with E-state index in [4.69, 9.17) is 5.53 Å². The van der Waals surface area contributed by atoms with Crippen LogP contribution in [0.2, 0.25) is 0 Å². The molecule has 1 aromatic rings. The van der Waals surface area contributed by atoms with Gasteiger partial charge in [-0.1, -0.05) is 95.2 Å². The molecule has 0 aromatic heterocycles. The van der Waals surface area contributed by atoms with Gasteiger partial charge >= 0.3 is 0 Å². The van der Waals surface area contributed by atoms with Crippen LogP contribution in [0.25, 0.3) is 10.4 Å². The molecular weight excluding hydrogens is 358 g/mol. The minimum absolute atomic E-state index is 0.0277. The lowest BCUT2D eigenvalue weighted by atomic mass is 9.89. The van der Waals surface area contributed by atoms with E-state index in [1.54, 1.807) is 0 Å². The van der Waals surface area contributed by atoms with Gasteiger partial charge in [-0.25, -0.2) is 8.42 Å². The van der Waals surface area contributed by atoms with Crippen molar-refractivity contribution < 1.29 is 8.42 Å². The van der Waals surface area contributed by atoms with Crippen LogP contribution >= 0.6 is 0 Å². The van der Waals surface area contributed by atoms with Crippen LogP contribution in [-0.2, 0) is 10.0 Å². The standard InChI is InChI=1S/C15H23N3O2S.3C2H6/c1-9(2)12-7-13(10(3)4)15(14(8-12)11(5)6)21(19,20)18-17-16;3*1-2/h7-11H,1-6H3;3*1-2H3. The third-order valence-corrected chi connectivity index (χ3v) is 4.76. The number of benzene rings is 1. The first-order valence-electron chi connectivity index (χ1n) is 10.1. The molecule has 27 heavy (non-hydrogen) atoms. The lowest BCUT2D eigenvalue weighted by Crippen LogP contribution is -2.10. The molecule has 0 saturated heterocycles. The van der Waals surface area contributed by atoms with Gasteiger partial charge in [0, 0.05) is 9.43 Å². The Bertz CT molecular complexity index is 644. The predicted octanol–water partition coefficient (Wildman–Crippen LogP) is 8.13. The predicted molar refractivity (Wildman–Crippen MR) is 119 cm³/mol. The van der Waals surface area contributed by atoms with Crippen LogP contribution in [-0.4, -0.2) is 8.42 Å². The van der Waals surface area contributed by atoms with Gasteiger partial charge in [0.25, 0.3) is 10.0 Å². The maximum absolute atomic E-state index is 12.3. The molecule has 0 heterocycles. The van der Waals surface area contributed by atoms with Crippen molar-refractivity contribution in [3.8, 4) is 0 Å². The smallest absolute Gasteiger partial charge is 0.216 e. The number of rotatable bonds is 5. The van der Waals surface area contributed by atoms with Crippen LogP contribution in [0.1, 0.15) is 118 Å². The van der Waals surface area contributed by atoms with Crippen LogP contribution in [0.5, 0.6) is 0 Å². The molecule has 5 nitrogen and oxygen atoms in total. The fourth-order valence-electron chi connectivity index (χ4n) is 2.28. The first-order chi connectivity index (χ1) is 12.6. The van der Waals surface area contributed by atoms with Crippen molar-refractivity contribution in [1.82, 2.24) is 0 Å². The molecular formula is C21H41N3O2S. The molecule has 0 N–H and O–H groups in total. The SMILES string of the molecule is CC.CC.CC.CC(C)c1cc(C(C)C)c(S(=O)(=O)N=[N+]=[N-])c(C(C)C)c1. The molecule has 1 aromatic carbocycles. The van der Waals surface area contributed by atoms with Crippen LogP contribution in [0, 0.1) is 0 Å². The maximum atomic E-state index is 12.3. The molecule has 1 rings (SSSR count). The van der Waals surface area contributed by atoms with Crippen molar-refractivity contribution in [2.24, 2.45) is 4.52 Å². The zero-order chi connectivity index (χ0) is 22.4. The summed E-state index contributed by atoms with van der Waals surface area (Å²) < 4.78 is 27.7. The van der Waals surface area contributed by atoms with E-state index in [1.807, 2.05) is 81.4 Å². The molecule has 0 aliphatic rings. The molecule has 0 unspecified atom stereocenters. The Morgan fingerprint density at radius 2 is 1.11 bits per heavy atom. The van der Waals surface area contributed by atoms with Crippen LogP contribution in [0.3, 0.4) is 0 Å². The van der Waals surface area contributed by atoms with Crippen molar-refractivity contribution in [3.05, 3.63) is 39.3 Å². The first-order valence-corrected chi connectivity index (χ1v) is 11.5. The van der Waals surface area contributed by atoms with Gasteiger partial charge in [0.1, 0.15) is 0 Å². The normalized spacial score (nSPS) is 10.0. The molecule has 0 fully saturated rings. The maximum Gasteiger partial charge on any atom is 0.264 e. The summed E-state index contributed by atoms with van der Waals surface area (Å²) in [6.45, 7) is 23.9. The lowest BCUT2D eigenvalue weighted by molar-refractivity contribution is 0.592. The number of sulfonamides is 1. The molecule has 158 valence electrons. The highest BCUT2D eigenvalue weighted by Crippen LogP contribution is 2.35. The third kappa shape index (κ3) is 9.30. The number of nitrogens with zero attached hydrogens (tertiary/aromatic N) is 3. The summed E-state index contributed by atoms with van der Waals surface area (Å²) in [6, 6.07) is 3.84. The van der Waals surface area contributed by atoms with E-state index in [1.165, 1.54) is 0 Å². The second kappa shape index (κ2) is 15.5. The largest absolute Gasteiger partial charge is 0.264 e. The van der Waals surface area contributed by atoms with Gasteiger partial charge in [-0.2, -0.15) is 0 Å².